The van der Waals surface area contributed by atoms with Gasteiger partial charge in [0, 0.05) is 37.4 Å². The molecular formula is C56H60Br2O8. The Bertz CT molecular complexity index is 2250. The third-order valence-electron chi connectivity index (χ3n) is 13.9. The van der Waals surface area contributed by atoms with Crippen LogP contribution < -0.4 is 0 Å². The Labute approximate surface area is 407 Å². The zero-order valence-electron chi connectivity index (χ0n) is 38.4. The molecule has 0 atom stereocenters. The number of hydrogen-bond donors (Lipinski definition) is 0. The minimum atomic E-state index is -0.493. The van der Waals surface area contributed by atoms with Crippen molar-refractivity contribution in [3.63, 3.8) is 0 Å². The smallest absolute Gasteiger partial charge is 0.147 e. The lowest BCUT2D eigenvalue weighted by molar-refractivity contribution is -0.203. The Hall–Kier alpha value is -4.04. The fourth-order valence-electron chi connectivity index (χ4n) is 10.0. The molecule has 0 aliphatic heterocycles. The Morgan fingerprint density at radius 1 is 0.288 bits per heavy atom. The summed E-state index contributed by atoms with van der Waals surface area (Å²) in [5.74, 6) is 0. The molecule has 0 N–H and O–H groups in total. The molecule has 2 saturated carbocycles. The van der Waals surface area contributed by atoms with Crippen molar-refractivity contribution in [2.24, 2.45) is 0 Å². The lowest BCUT2D eigenvalue weighted by atomic mass is 9.70. The Balaban J connectivity index is 0.933. The second kappa shape index (κ2) is 21.9. The summed E-state index contributed by atoms with van der Waals surface area (Å²) >= 11 is 7.16. The predicted molar refractivity (Wildman–Crippen MR) is 267 cm³/mol. The standard InChI is InChI=1S/C56H60Br2O8/c1-59-37-63-53(29-33-55(34-30-53,65-39-61-3)49-21-25-51(57)26-22-49)47-17-13-45(14-18-47)43-9-5-41(6-10-43)42-7-11-44(12-8-42)46-15-19-48(20-16-46)54(64-38-60-2)31-35-56(36-32-54,66-40-62-4)50-23-27-52(58)28-24-50/h5-28H,29-40H2,1-4H3. The molecule has 0 bridgehead atoms. The van der Waals surface area contributed by atoms with E-state index >= 15 is 0 Å². The molecule has 6 aromatic rings. The molecule has 2 aliphatic rings. The number of rotatable bonds is 19. The lowest BCUT2D eigenvalue weighted by Crippen LogP contribution is -2.43. The maximum Gasteiger partial charge on any atom is 0.147 e. The van der Waals surface area contributed by atoms with Gasteiger partial charge in [-0.15, -0.1) is 0 Å². The van der Waals surface area contributed by atoms with Gasteiger partial charge in [-0.3, -0.25) is 0 Å². The van der Waals surface area contributed by atoms with Crippen LogP contribution in [0.25, 0.3) is 33.4 Å². The van der Waals surface area contributed by atoms with Crippen LogP contribution in [0, 0.1) is 0 Å². The van der Waals surface area contributed by atoms with Crippen LogP contribution in [0.15, 0.2) is 155 Å². The largest absolute Gasteiger partial charge is 0.359 e. The zero-order chi connectivity index (χ0) is 46.0. The van der Waals surface area contributed by atoms with Crippen molar-refractivity contribution in [1.82, 2.24) is 0 Å². The van der Waals surface area contributed by atoms with Gasteiger partial charge in [-0.05, 0) is 131 Å². The van der Waals surface area contributed by atoms with E-state index in [1.54, 1.807) is 28.4 Å². The molecule has 0 heterocycles. The first-order valence-electron chi connectivity index (χ1n) is 22.6. The minimum absolute atomic E-state index is 0.216. The summed E-state index contributed by atoms with van der Waals surface area (Å²) < 4.78 is 49.7. The first-order valence-corrected chi connectivity index (χ1v) is 24.2. The van der Waals surface area contributed by atoms with E-state index in [4.69, 9.17) is 37.9 Å². The van der Waals surface area contributed by atoms with Gasteiger partial charge in [0.1, 0.15) is 27.2 Å². The van der Waals surface area contributed by atoms with E-state index in [1.165, 1.54) is 11.1 Å². The monoisotopic (exact) mass is 1020 g/mol. The average molecular weight is 1020 g/mol. The van der Waals surface area contributed by atoms with Crippen molar-refractivity contribution in [3.8, 4) is 33.4 Å². The molecule has 0 saturated heterocycles. The van der Waals surface area contributed by atoms with Gasteiger partial charge in [0.25, 0.3) is 0 Å². The zero-order valence-corrected chi connectivity index (χ0v) is 41.5. The first-order chi connectivity index (χ1) is 32.2. The molecule has 66 heavy (non-hydrogen) atoms. The number of benzene rings is 6. The Morgan fingerprint density at radius 3 is 0.636 bits per heavy atom. The highest BCUT2D eigenvalue weighted by Crippen LogP contribution is 2.52. The average Bonchev–Trinajstić information content (AvgIpc) is 3.37. The quantitative estimate of drug-likeness (QED) is 0.0743. The number of hydrogen-bond acceptors (Lipinski definition) is 8. The van der Waals surface area contributed by atoms with Crippen LogP contribution in [-0.2, 0) is 60.3 Å². The van der Waals surface area contributed by atoms with E-state index in [0.29, 0.717) is 0 Å². The summed E-state index contributed by atoms with van der Waals surface area (Å²) in [5.41, 5.74) is 9.64. The molecule has 8 nitrogen and oxygen atoms in total. The molecule has 0 spiro atoms. The van der Waals surface area contributed by atoms with Crippen LogP contribution in [0.3, 0.4) is 0 Å². The molecule has 6 aromatic carbocycles. The van der Waals surface area contributed by atoms with Crippen molar-refractivity contribution in [2.45, 2.75) is 73.8 Å². The molecule has 2 fully saturated rings. The fraction of sp³-hybridized carbons (Fsp3) is 0.357. The molecule has 0 unspecified atom stereocenters. The van der Waals surface area contributed by atoms with Gasteiger partial charge in [0.15, 0.2) is 0 Å². The van der Waals surface area contributed by atoms with Crippen LogP contribution in [0.2, 0.25) is 0 Å². The molecule has 0 radical (unpaired) electrons. The molecule has 2 aliphatic carbocycles. The van der Waals surface area contributed by atoms with Crippen molar-refractivity contribution in [2.75, 3.05) is 55.6 Å². The molecular weight excluding hydrogens is 960 g/mol. The van der Waals surface area contributed by atoms with Gasteiger partial charge in [0.2, 0.25) is 0 Å². The van der Waals surface area contributed by atoms with Gasteiger partial charge < -0.3 is 37.9 Å². The van der Waals surface area contributed by atoms with Crippen LogP contribution in [0.5, 0.6) is 0 Å². The Kier molecular flexibility index (Phi) is 16.1. The molecule has 0 amide bonds. The third-order valence-corrected chi connectivity index (χ3v) is 14.9. The number of halogens is 2. The Morgan fingerprint density at radius 2 is 0.455 bits per heavy atom. The topological polar surface area (TPSA) is 73.8 Å². The summed E-state index contributed by atoms with van der Waals surface area (Å²) in [5, 5.41) is 0. The second-order valence-corrected chi connectivity index (χ2v) is 19.3. The maximum atomic E-state index is 6.55. The molecule has 346 valence electrons. The van der Waals surface area contributed by atoms with Crippen molar-refractivity contribution >= 4 is 31.9 Å². The van der Waals surface area contributed by atoms with Gasteiger partial charge in [0.05, 0.1) is 22.4 Å². The van der Waals surface area contributed by atoms with Crippen molar-refractivity contribution < 1.29 is 37.9 Å². The normalized spacial score (nSPS) is 23.2. The van der Waals surface area contributed by atoms with E-state index in [-0.39, 0.29) is 27.2 Å². The van der Waals surface area contributed by atoms with Crippen LogP contribution >= 0.6 is 31.9 Å². The van der Waals surface area contributed by atoms with Crippen molar-refractivity contribution in [1.29, 1.82) is 0 Å². The molecule has 8 rings (SSSR count). The van der Waals surface area contributed by atoms with Gasteiger partial charge in [-0.1, -0.05) is 153 Å². The number of methoxy groups -OCH3 is 4. The highest BCUT2D eigenvalue weighted by Gasteiger charge is 2.48. The SMILES string of the molecule is COCOC1(c2ccc(Br)cc2)CCC(OCOC)(c2ccc(-c3ccc(-c4ccc(-c5ccc(C6(OCOC)CCC(OCOC)(c7ccc(Br)cc7)CC6)cc5)cc4)cc3)cc2)CC1. The maximum absolute atomic E-state index is 6.55. The summed E-state index contributed by atoms with van der Waals surface area (Å²) in [4.78, 5) is 0. The highest BCUT2D eigenvalue weighted by molar-refractivity contribution is 9.10. The van der Waals surface area contributed by atoms with E-state index in [0.717, 1.165) is 105 Å². The van der Waals surface area contributed by atoms with Crippen LogP contribution in [0.4, 0.5) is 0 Å². The predicted octanol–water partition coefficient (Wildman–Crippen LogP) is 14.0. The summed E-state index contributed by atoms with van der Waals surface area (Å²) in [6, 6.07) is 52.1. The summed E-state index contributed by atoms with van der Waals surface area (Å²) in [6.45, 7) is 0.891. The van der Waals surface area contributed by atoms with Crippen LogP contribution in [0.1, 0.15) is 73.6 Å². The van der Waals surface area contributed by atoms with E-state index in [9.17, 15) is 0 Å². The summed E-state index contributed by atoms with van der Waals surface area (Å²) in [6.07, 6.45) is 6.24. The third kappa shape index (κ3) is 10.6. The van der Waals surface area contributed by atoms with Crippen LogP contribution in [-0.4, -0.2) is 55.6 Å². The van der Waals surface area contributed by atoms with Crippen molar-refractivity contribution in [3.05, 3.63) is 177 Å². The van der Waals surface area contributed by atoms with Gasteiger partial charge >= 0.3 is 0 Å². The van der Waals surface area contributed by atoms with E-state index in [1.807, 2.05) is 0 Å². The van der Waals surface area contributed by atoms with Gasteiger partial charge in [-0.25, -0.2) is 0 Å². The number of ether oxygens (including phenoxy) is 8. The first kappa shape index (κ1) is 48.4. The summed E-state index contributed by atoms with van der Waals surface area (Å²) in [7, 11) is 6.69. The second-order valence-electron chi connectivity index (χ2n) is 17.5. The highest BCUT2D eigenvalue weighted by atomic mass is 79.9. The van der Waals surface area contributed by atoms with E-state index in [2.05, 4.69) is 177 Å². The van der Waals surface area contributed by atoms with Gasteiger partial charge in [-0.2, -0.15) is 0 Å². The molecule has 0 aromatic heterocycles. The van der Waals surface area contributed by atoms with E-state index < -0.39 is 22.4 Å². The fourth-order valence-corrected chi connectivity index (χ4v) is 10.5. The lowest BCUT2D eigenvalue weighted by Gasteiger charge is -2.46. The molecule has 10 heteroatoms. The minimum Gasteiger partial charge on any atom is -0.359 e.